The zero-order chi connectivity index (χ0) is 30.1. The highest BCUT2D eigenvalue weighted by atomic mass is 16.6. The van der Waals surface area contributed by atoms with Gasteiger partial charge in [0.1, 0.15) is 34.2 Å². The van der Waals surface area contributed by atoms with Crippen LogP contribution in [0.5, 0.6) is 23.0 Å². The number of benzene rings is 2. The van der Waals surface area contributed by atoms with E-state index >= 15 is 0 Å². The standard InChI is InChI=1S/C30H44N2O8/c1-28(2,20-14-22(35-5)18-23(15-20)36-6)39-26(33)30(32,12-10-9-11-13-31)27(34)40-29(3,4)21-16-24(37-7)19-25(17-21)38-8/h14-19H,9-13,31-32H2,1-8H3. The lowest BCUT2D eigenvalue weighted by molar-refractivity contribution is -0.180. The molecule has 0 fully saturated rings. The summed E-state index contributed by atoms with van der Waals surface area (Å²) in [6.45, 7) is 7.29. The molecule has 0 bridgehead atoms. The number of carbonyl (C=O) groups excluding carboxylic acids is 2. The molecule has 0 atom stereocenters. The molecule has 0 spiro atoms. The largest absolute Gasteiger partial charge is 0.497 e. The molecule has 0 radical (unpaired) electrons. The minimum absolute atomic E-state index is 0.0136. The first-order valence-corrected chi connectivity index (χ1v) is 13.2. The number of hydrogen-bond acceptors (Lipinski definition) is 10. The molecule has 10 nitrogen and oxygen atoms in total. The van der Waals surface area contributed by atoms with E-state index in [-0.39, 0.29) is 6.42 Å². The summed E-state index contributed by atoms with van der Waals surface area (Å²) in [5.41, 5.74) is 8.97. The van der Waals surface area contributed by atoms with Crippen molar-refractivity contribution in [3.63, 3.8) is 0 Å². The summed E-state index contributed by atoms with van der Waals surface area (Å²) in [5, 5.41) is 0. The minimum atomic E-state index is -2.07. The molecular formula is C30H44N2O8. The van der Waals surface area contributed by atoms with E-state index in [4.69, 9.17) is 39.9 Å². The molecular weight excluding hydrogens is 516 g/mol. The summed E-state index contributed by atoms with van der Waals surface area (Å²) in [4.78, 5) is 27.4. The van der Waals surface area contributed by atoms with Gasteiger partial charge in [0.05, 0.1) is 28.4 Å². The van der Waals surface area contributed by atoms with Crippen LogP contribution in [0.15, 0.2) is 36.4 Å². The van der Waals surface area contributed by atoms with Gasteiger partial charge in [-0.1, -0.05) is 12.8 Å². The third-order valence-electron chi connectivity index (χ3n) is 6.79. The van der Waals surface area contributed by atoms with E-state index in [1.165, 1.54) is 28.4 Å². The molecule has 0 aromatic heterocycles. The Bertz CT molecular complexity index is 1040. The zero-order valence-corrected chi connectivity index (χ0v) is 24.9. The van der Waals surface area contributed by atoms with Gasteiger partial charge in [0.2, 0.25) is 5.54 Å². The van der Waals surface area contributed by atoms with E-state index in [0.717, 1.165) is 6.42 Å². The van der Waals surface area contributed by atoms with E-state index in [2.05, 4.69) is 0 Å². The lowest BCUT2D eigenvalue weighted by Crippen LogP contribution is -2.58. The maximum Gasteiger partial charge on any atom is 0.338 e. The summed E-state index contributed by atoms with van der Waals surface area (Å²) in [7, 11) is 6.11. The Kier molecular flexibility index (Phi) is 11.2. The molecule has 0 aliphatic rings. The van der Waals surface area contributed by atoms with Crippen LogP contribution in [0.1, 0.15) is 64.5 Å². The molecule has 0 saturated carbocycles. The van der Waals surface area contributed by atoms with E-state index in [1.54, 1.807) is 64.1 Å². The van der Waals surface area contributed by atoms with E-state index in [9.17, 15) is 9.59 Å². The van der Waals surface area contributed by atoms with Crippen LogP contribution in [0.2, 0.25) is 0 Å². The highest BCUT2D eigenvalue weighted by molar-refractivity contribution is 6.05. The smallest absolute Gasteiger partial charge is 0.338 e. The molecule has 0 unspecified atom stereocenters. The first-order valence-electron chi connectivity index (χ1n) is 13.2. The van der Waals surface area contributed by atoms with Crippen LogP contribution >= 0.6 is 0 Å². The van der Waals surface area contributed by atoms with Gasteiger partial charge in [-0.05, 0) is 71.3 Å². The van der Waals surface area contributed by atoms with Crippen molar-refractivity contribution in [3.8, 4) is 23.0 Å². The fraction of sp³-hybridized carbons (Fsp3) is 0.533. The second kappa shape index (κ2) is 13.7. The molecule has 2 aromatic rings. The molecule has 0 heterocycles. The Balaban J connectivity index is 2.41. The molecule has 0 saturated heterocycles. The lowest BCUT2D eigenvalue weighted by atomic mass is 9.90. The van der Waals surface area contributed by atoms with E-state index < -0.39 is 28.7 Å². The zero-order valence-electron chi connectivity index (χ0n) is 24.9. The fourth-order valence-electron chi connectivity index (χ4n) is 4.09. The van der Waals surface area contributed by atoms with Gasteiger partial charge in [-0.3, -0.25) is 0 Å². The molecule has 10 heteroatoms. The van der Waals surface area contributed by atoms with Crippen molar-refractivity contribution < 1.29 is 38.0 Å². The van der Waals surface area contributed by atoms with Crippen LogP contribution in [0, 0.1) is 0 Å². The van der Waals surface area contributed by atoms with Crippen molar-refractivity contribution in [2.24, 2.45) is 11.5 Å². The first kappa shape index (κ1) is 32.7. The summed E-state index contributed by atoms with van der Waals surface area (Å²) in [6.07, 6.45) is 1.89. The second-order valence-corrected chi connectivity index (χ2v) is 10.6. The third-order valence-corrected chi connectivity index (χ3v) is 6.79. The SMILES string of the molecule is COc1cc(OC)cc(C(C)(C)OC(=O)C(N)(CCCCCN)C(=O)OC(C)(C)c2cc(OC)cc(OC)c2)c1. The Hall–Kier alpha value is -3.50. The van der Waals surface area contributed by atoms with Gasteiger partial charge < -0.3 is 39.9 Å². The number of carbonyl (C=O) groups is 2. The highest BCUT2D eigenvalue weighted by Gasteiger charge is 2.49. The maximum atomic E-state index is 13.7. The van der Waals surface area contributed by atoms with Crippen LogP contribution in [-0.2, 0) is 30.3 Å². The molecule has 0 aliphatic heterocycles. The van der Waals surface area contributed by atoms with Crippen LogP contribution in [0.4, 0.5) is 0 Å². The van der Waals surface area contributed by atoms with Crippen LogP contribution in [0.25, 0.3) is 0 Å². The topological polar surface area (TPSA) is 142 Å². The van der Waals surface area contributed by atoms with E-state index in [0.29, 0.717) is 53.5 Å². The van der Waals surface area contributed by atoms with Crippen LogP contribution < -0.4 is 30.4 Å². The fourth-order valence-corrected chi connectivity index (χ4v) is 4.09. The number of esters is 2. The van der Waals surface area contributed by atoms with Crippen LogP contribution in [0.3, 0.4) is 0 Å². The minimum Gasteiger partial charge on any atom is -0.497 e. The van der Waals surface area contributed by atoms with Crippen molar-refractivity contribution in [1.29, 1.82) is 0 Å². The molecule has 2 aromatic carbocycles. The molecule has 2 rings (SSSR count). The molecule has 0 aliphatic carbocycles. The average molecular weight is 561 g/mol. The molecule has 4 N–H and O–H groups in total. The van der Waals surface area contributed by atoms with Crippen molar-refractivity contribution >= 4 is 11.9 Å². The molecule has 0 amide bonds. The predicted molar refractivity (Wildman–Crippen MR) is 152 cm³/mol. The van der Waals surface area contributed by atoms with Gasteiger partial charge in [0, 0.05) is 23.3 Å². The number of methoxy groups -OCH3 is 4. The van der Waals surface area contributed by atoms with Gasteiger partial charge >= 0.3 is 11.9 Å². The van der Waals surface area contributed by atoms with Crippen LogP contribution in [-0.4, -0.2) is 52.5 Å². The lowest BCUT2D eigenvalue weighted by Gasteiger charge is -2.35. The summed E-state index contributed by atoms with van der Waals surface area (Å²) in [6, 6.07) is 10.3. The Labute approximate surface area is 237 Å². The van der Waals surface area contributed by atoms with Crippen molar-refractivity contribution in [2.45, 2.75) is 70.1 Å². The van der Waals surface area contributed by atoms with Gasteiger partial charge in [-0.2, -0.15) is 0 Å². The maximum absolute atomic E-state index is 13.7. The number of hydrogen-bond donors (Lipinski definition) is 2. The molecule has 222 valence electrons. The number of rotatable bonds is 15. The number of unbranched alkanes of at least 4 members (excludes halogenated alkanes) is 2. The Morgan fingerprint density at radius 3 is 1.27 bits per heavy atom. The summed E-state index contributed by atoms with van der Waals surface area (Å²) in [5.74, 6) is 0.277. The predicted octanol–water partition coefficient (Wildman–Crippen LogP) is 4.19. The van der Waals surface area contributed by atoms with Gasteiger partial charge in [0.15, 0.2) is 0 Å². The first-order chi connectivity index (χ1) is 18.8. The Morgan fingerprint density at radius 2 is 0.975 bits per heavy atom. The number of nitrogens with two attached hydrogens (primary N) is 2. The van der Waals surface area contributed by atoms with Crippen molar-refractivity contribution in [3.05, 3.63) is 47.5 Å². The monoisotopic (exact) mass is 560 g/mol. The van der Waals surface area contributed by atoms with Gasteiger partial charge in [-0.25, -0.2) is 9.59 Å². The number of ether oxygens (including phenoxy) is 6. The average Bonchev–Trinajstić information content (AvgIpc) is 2.93. The van der Waals surface area contributed by atoms with E-state index in [1.807, 2.05) is 0 Å². The summed E-state index contributed by atoms with van der Waals surface area (Å²) >= 11 is 0. The van der Waals surface area contributed by atoms with Crippen molar-refractivity contribution in [1.82, 2.24) is 0 Å². The van der Waals surface area contributed by atoms with Crippen molar-refractivity contribution in [2.75, 3.05) is 35.0 Å². The Morgan fingerprint density at radius 1 is 0.625 bits per heavy atom. The van der Waals surface area contributed by atoms with Gasteiger partial charge in [0.25, 0.3) is 0 Å². The summed E-state index contributed by atoms with van der Waals surface area (Å²) < 4.78 is 33.3. The third kappa shape index (κ3) is 8.02. The van der Waals surface area contributed by atoms with Gasteiger partial charge in [-0.15, -0.1) is 0 Å². The quantitative estimate of drug-likeness (QED) is 0.185. The highest BCUT2D eigenvalue weighted by Crippen LogP contribution is 2.36. The second-order valence-electron chi connectivity index (χ2n) is 10.6. The normalized spacial score (nSPS) is 11.9. The molecule has 40 heavy (non-hydrogen) atoms.